The third-order valence-corrected chi connectivity index (χ3v) is 4.17. The van der Waals surface area contributed by atoms with Crippen molar-refractivity contribution in [3.63, 3.8) is 0 Å². The van der Waals surface area contributed by atoms with E-state index < -0.39 is 0 Å². The van der Waals surface area contributed by atoms with E-state index in [-0.39, 0.29) is 0 Å². The summed E-state index contributed by atoms with van der Waals surface area (Å²) >= 11 is 2.35. The lowest BCUT2D eigenvalue weighted by atomic mass is 10.0. The zero-order valence-corrected chi connectivity index (χ0v) is 11.9. The molecule has 2 rings (SSSR count). The van der Waals surface area contributed by atoms with Gasteiger partial charge < -0.3 is 5.32 Å². The van der Waals surface area contributed by atoms with Gasteiger partial charge in [0.05, 0.1) is 0 Å². The second-order valence-electron chi connectivity index (χ2n) is 4.74. The standard InChI is InChI=1S/C14H20IN/c15-14-7-5-13(6-8-14)11-16-10-9-12-3-1-2-4-12/h5-8,12,16H,1-4,9-11H2. The van der Waals surface area contributed by atoms with Crippen molar-refractivity contribution in [2.45, 2.75) is 38.6 Å². The van der Waals surface area contributed by atoms with E-state index in [4.69, 9.17) is 0 Å². The molecule has 0 aromatic heterocycles. The summed E-state index contributed by atoms with van der Waals surface area (Å²) in [5.41, 5.74) is 1.40. The highest BCUT2D eigenvalue weighted by molar-refractivity contribution is 14.1. The summed E-state index contributed by atoms with van der Waals surface area (Å²) in [4.78, 5) is 0. The van der Waals surface area contributed by atoms with Gasteiger partial charge in [0.25, 0.3) is 0 Å². The molecule has 0 bridgehead atoms. The quantitative estimate of drug-likeness (QED) is 0.637. The van der Waals surface area contributed by atoms with Crippen LogP contribution in [0.2, 0.25) is 0 Å². The number of hydrogen-bond donors (Lipinski definition) is 1. The Hall–Kier alpha value is -0.0900. The molecule has 1 aliphatic rings. The molecule has 0 heterocycles. The maximum Gasteiger partial charge on any atom is 0.0205 e. The summed E-state index contributed by atoms with van der Waals surface area (Å²) in [7, 11) is 0. The van der Waals surface area contributed by atoms with Crippen LogP contribution in [0.15, 0.2) is 24.3 Å². The van der Waals surface area contributed by atoms with Crippen molar-refractivity contribution in [1.29, 1.82) is 0 Å². The average molecular weight is 329 g/mol. The average Bonchev–Trinajstić information content (AvgIpc) is 2.80. The fourth-order valence-electron chi connectivity index (χ4n) is 2.44. The van der Waals surface area contributed by atoms with Crippen LogP contribution in [0.25, 0.3) is 0 Å². The number of halogens is 1. The molecule has 16 heavy (non-hydrogen) atoms. The predicted octanol–water partition coefficient (Wildman–Crippen LogP) is 3.96. The van der Waals surface area contributed by atoms with Crippen molar-refractivity contribution in [1.82, 2.24) is 5.32 Å². The fourth-order valence-corrected chi connectivity index (χ4v) is 2.80. The first-order valence-corrected chi connectivity index (χ1v) is 7.37. The van der Waals surface area contributed by atoms with Crippen LogP contribution in [0.3, 0.4) is 0 Å². The van der Waals surface area contributed by atoms with Crippen molar-refractivity contribution in [3.8, 4) is 0 Å². The molecule has 1 aromatic rings. The number of rotatable bonds is 5. The van der Waals surface area contributed by atoms with Gasteiger partial charge in [-0.1, -0.05) is 37.8 Å². The summed E-state index contributed by atoms with van der Waals surface area (Å²) < 4.78 is 1.31. The lowest BCUT2D eigenvalue weighted by Crippen LogP contribution is -2.16. The topological polar surface area (TPSA) is 12.0 Å². The van der Waals surface area contributed by atoms with E-state index in [2.05, 4.69) is 52.2 Å². The minimum atomic E-state index is 1.00. The van der Waals surface area contributed by atoms with Crippen LogP contribution in [0.4, 0.5) is 0 Å². The summed E-state index contributed by atoms with van der Waals surface area (Å²) in [5.74, 6) is 1.00. The van der Waals surface area contributed by atoms with E-state index in [0.717, 1.165) is 12.5 Å². The molecule has 0 atom stereocenters. The second-order valence-corrected chi connectivity index (χ2v) is 5.99. The Morgan fingerprint density at radius 1 is 1.12 bits per heavy atom. The predicted molar refractivity (Wildman–Crippen MR) is 77.4 cm³/mol. The van der Waals surface area contributed by atoms with Crippen LogP contribution in [0.1, 0.15) is 37.7 Å². The van der Waals surface area contributed by atoms with Crippen LogP contribution >= 0.6 is 22.6 Å². The first-order chi connectivity index (χ1) is 7.84. The van der Waals surface area contributed by atoms with Gasteiger partial charge in [0, 0.05) is 10.1 Å². The van der Waals surface area contributed by atoms with Gasteiger partial charge in [0.15, 0.2) is 0 Å². The van der Waals surface area contributed by atoms with Gasteiger partial charge in [-0.05, 0) is 59.2 Å². The van der Waals surface area contributed by atoms with Gasteiger partial charge in [-0.2, -0.15) is 0 Å². The van der Waals surface area contributed by atoms with Crippen LogP contribution in [0, 0.1) is 9.49 Å². The minimum absolute atomic E-state index is 1.00. The van der Waals surface area contributed by atoms with Crippen LogP contribution in [0.5, 0.6) is 0 Å². The van der Waals surface area contributed by atoms with E-state index >= 15 is 0 Å². The normalized spacial score (nSPS) is 16.8. The van der Waals surface area contributed by atoms with E-state index in [1.807, 2.05) is 0 Å². The fraction of sp³-hybridized carbons (Fsp3) is 0.571. The highest BCUT2D eigenvalue weighted by Crippen LogP contribution is 2.26. The van der Waals surface area contributed by atoms with Crippen molar-refractivity contribution in [3.05, 3.63) is 33.4 Å². The zero-order chi connectivity index (χ0) is 11.2. The Morgan fingerprint density at radius 2 is 1.81 bits per heavy atom. The zero-order valence-electron chi connectivity index (χ0n) is 9.71. The van der Waals surface area contributed by atoms with Gasteiger partial charge in [-0.15, -0.1) is 0 Å². The van der Waals surface area contributed by atoms with Gasteiger partial charge in [-0.25, -0.2) is 0 Å². The summed E-state index contributed by atoms with van der Waals surface area (Å²) in [6, 6.07) is 8.78. The van der Waals surface area contributed by atoms with Crippen LogP contribution in [-0.4, -0.2) is 6.54 Å². The number of nitrogens with one attached hydrogen (secondary N) is 1. The Kier molecular flexibility index (Phi) is 5.10. The molecule has 0 radical (unpaired) electrons. The van der Waals surface area contributed by atoms with E-state index in [0.29, 0.717) is 0 Å². The third-order valence-electron chi connectivity index (χ3n) is 3.45. The lowest BCUT2D eigenvalue weighted by molar-refractivity contribution is 0.477. The van der Waals surface area contributed by atoms with Crippen LogP contribution < -0.4 is 5.32 Å². The maximum absolute atomic E-state index is 3.55. The molecule has 0 saturated heterocycles. The molecule has 1 N–H and O–H groups in total. The van der Waals surface area contributed by atoms with E-state index in [1.54, 1.807) is 0 Å². The van der Waals surface area contributed by atoms with Crippen LogP contribution in [-0.2, 0) is 6.54 Å². The highest BCUT2D eigenvalue weighted by atomic mass is 127. The molecule has 1 aromatic carbocycles. The van der Waals surface area contributed by atoms with Gasteiger partial charge in [0.1, 0.15) is 0 Å². The molecule has 0 aliphatic heterocycles. The largest absolute Gasteiger partial charge is 0.313 e. The molecule has 1 fully saturated rings. The van der Waals surface area contributed by atoms with Crippen molar-refractivity contribution in [2.24, 2.45) is 5.92 Å². The van der Waals surface area contributed by atoms with Gasteiger partial charge in [-0.3, -0.25) is 0 Å². The molecule has 1 nitrogen and oxygen atoms in total. The highest BCUT2D eigenvalue weighted by Gasteiger charge is 2.13. The molecule has 2 heteroatoms. The molecule has 0 spiro atoms. The Morgan fingerprint density at radius 3 is 2.50 bits per heavy atom. The van der Waals surface area contributed by atoms with Crippen molar-refractivity contribution >= 4 is 22.6 Å². The molecule has 0 amide bonds. The maximum atomic E-state index is 3.55. The molecule has 88 valence electrons. The SMILES string of the molecule is Ic1ccc(CNCCC2CCCC2)cc1. The molecular formula is C14H20IN. The minimum Gasteiger partial charge on any atom is -0.313 e. The summed E-state index contributed by atoms with van der Waals surface area (Å²) in [5, 5.41) is 3.55. The first kappa shape index (κ1) is 12.4. The molecular weight excluding hydrogens is 309 g/mol. The van der Waals surface area contributed by atoms with Crippen molar-refractivity contribution in [2.75, 3.05) is 6.54 Å². The first-order valence-electron chi connectivity index (χ1n) is 6.30. The second kappa shape index (κ2) is 6.60. The van der Waals surface area contributed by atoms with Gasteiger partial charge in [0.2, 0.25) is 0 Å². The third kappa shape index (κ3) is 4.06. The molecule has 1 saturated carbocycles. The van der Waals surface area contributed by atoms with E-state index in [1.165, 1.54) is 47.8 Å². The lowest BCUT2D eigenvalue weighted by Gasteiger charge is -2.09. The van der Waals surface area contributed by atoms with Gasteiger partial charge >= 0.3 is 0 Å². The number of hydrogen-bond acceptors (Lipinski definition) is 1. The number of benzene rings is 1. The molecule has 1 aliphatic carbocycles. The Bertz CT molecular complexity index is 301. The molecule has 0 unspecified atom stereocenters. The Labute approximate surface area is 112 Å². The summed E-state index contributed by atoms with van der Waals surface area (Å²) in [6.45, 7) is 2.19. The smallest absolute Gasteiger partial charge is 0.0205 e. The summed E-state index contributed by atoms with van der Waals surface area (Å²) in [6.07, 6.45) is 7.21. The monoisotopic (exact) mass is 329 g/mol. The Balaban J connectivity index is 1.62. The van der Waals surface area contributed by atoms with E-state index in [9.17, 15) is 0 Å². The van der Waals surface area contributed by atoms with Crippen molar-refractivity contribution < 1.29 is 0 Å².